The van der Waals surface area contributed by atoms with E-state index in [-0.39, 0.29) is 0 Å². The van der Waals surface area contributed by atoms with Crippen LogP contribution in [-0.4, -0.2) is 42.1 Å². The molecule has 0 N–H and O–H groups in total. The van der Waals surface area contributed by atoms with Gasteiger partial charge in [-0.2, -0.15) is 0 Å². The van der Waals surface area contributed by atoms with Crippen molar-refractivity contribution in [2.75, 3.05) is 25.1 Å². The molecule has 1 heterocycles. The van der Waals surface area contributed by atoms with Crippen molar-refractivity contribution in [3.63, 3.8) is 0 Å². The molecule has 0 bridgehead atoms. The topological polar surface area (TPSA) is 12.5 Å². The Morgan fingerprint density at radius 3 is 2.46 bits per heavy atom. The number of halogens is 1. The highest BCUT2D eigenvalue weighted by molar-refractivity contribution is 9.09. The van der Waals surface area contributed by atoms with Gasteiger partial charge in [0, 0.05) is 24.0 Å². The van der Waals surface area contributed by atoms with Crippen molar-refractivity contribution in [1.82, 2.24) is 4.90 Å². The summed E-state index contributed by atoms with van der Waals surface area (Å²) in [5.41, 5.74) is 1.24. The van der Waals surface area contributed by atoms with Crippen molar-refractivity contribution < 1.29 is 4.74 Å². The molecular formula is C10H18BrNO. The Bertz CT molecular complexity index is 174. The van der Waals surface area contributed by atoms with Crippen LogP contribution in [0.3, 0.4) is 0 Å². The van der Waals surface area contributed by atoms with Crippen molar-refractivity contribution in [2.45, 2.75) is 25.9 Å². The number of nitrogens with zero attached hydrogens (tertiary/aromatic N) is 1. The summed E-state index contributed by atoms with van der Waals surface area (Å²) in [6.07, 6.45) is 0. The fraction of sp³-hybridized carbons (Fsp3) is 0.800. The lowest BCUT2D eigenvalue weighted by atomic mass is 10.1. The minimum atomic E-state index is 0.513. The van der Waals surface area contributed by atoms with Crippen LogP contribution >= 0.6 is 15.9 Å². The molecule has 3 heteroatoms. The molecule has 0 amide bonds. The smallest absolute Gasteiger partial charge is 0.0620 e. The maximum Gasteiger partial charge on any atom is 0.0620 e. The quantitative estimate of drug-likeness (QED) is 0.560. The van der Waals surface area contributed by atoms with Crippen LogP contribution in [0.1, 0.15) is 13.8 Å². The summed E-state index contributed by atoms with van der Waals surface area (Å²) in [7, 11) is 0. The van der Waals surface area contributed by atoms with Crippen LogP contribution in [0, 0.1) is 0 Å². The molecule has 0 aliphatic carbocycles. The highest BCUT2D eigenvalue weighted by Crippen LogP contribution is 2.14. The third-order valence-corrected chi connectivity index (χ3v) is 3.24. The van der Waals surface area contributed by atoms with Gasteiger partial charge in [-0.15, -0.1) is 0 Å². The molecule has 1 fully saturated rings. The van der Waals surface area contributed by atoms with Gasteiger partial charge in [0.25, 0.3) is 0 Å². The van der Waals surface area contributed by atoms with Gasteiger partial charge in [0.05, 0.1) is 13.2 Å². The highest BCUT2D eigenvalue weighted by Gasteiger charge is 2.24. The van der Waals surface area contributed by atoms with Crippen LogP contribution in [0.4, 0.5) is 0 Å². The van der Waals surface area contributed by atoms with Crippen molar-refractivity contribution in [1.29, 1.82) is 0 Å². The van der Waals surface area contributed by atoms with Gasteiger partial charge in [-0.25, -0.2) is 0 Å². The lowest BCUT2D eigenvalue weighted by molar-refractivity contribution is -0.0317. The van der Waals surface area contributed by atoms with E-state index in [1.807, 2.05) is 0 Å². The zero-order valence-electron chi connectivity index (χ0n) is 8.42. The molecule has 2 nitrogen and oxygen atoms in total. The van der Waals surface area contributed by atoms with Gasteiger partial charge >= 0.3 is 0 Å². The molecule has 0 aromatic heterocycles. The second-order valence-electron chi connectivity index (χ2n) is 3.79. The third kappa shape index (κ3) is 3.08. The largest absolute Gasteiger partial charge is 0.378 e. The van der Waals surface area contributed by atoms with E-state index >= 15 is 0 Å². The van der Waals surface area contributed by atoms with E-state index < -0.39 is 0 Å². The van der Waals surface area contributed by atoms with Crippen LogP contribution in [0.25, 0.3) is 0 Å². The molecule has 0 aromatic carbocycles. The summed E-state index contributed by atoms with van der Waals surface area (Å²) in [6.45, 7) is 11.1. The monoisotopic (exact) mass is 247 g/mol. The SMILES string of the molecule is C=C(CBr)CN1C(C)COCC1C. The van der Waals surface area contributed by atoms with E-state index in [0.717, 1.165) is 25.1 Å². The summed E-state index contributed by atoms with van der Waals surface area (Å²) < 4.78 is 5.46. The lowest BCUT2D eigenvalue weighted by Crippen LogP contribution is -2.50. The number of alkyl halides is 1. The zero-order valence-corrected chi connectivity index (χ0v) is 10.0. The van der Waals surface area contributed by atoms with Crippen molar-refractivity contribution in [3.05, 3.63) is 12.2 Å². The molecular weight excluding hydrogens is 230 g/mol. The summed E-state index contributed by atoms with van der Waals surface area (Å²) in [4.78, 5) is 2.45. The van der Waals surface area contributed by atoms with Gasteiger partial charge in [0.15, 0.2) is 0 Å². The van der Waals surface area contributed by atoms with E-state index in [0.29, 0.717) is 12.1 Å². The first kappa shape index (κ1) is 11.2. The number of morpholine rings is 1. The number of hydrogen-bond acceptors (Lipinski definition) is 2. The Hall–Kier alpha value is 0.140. The van der Waals surface area contributed by atoms with Gasteiger partial charge in [0.1, 0.15) is 0 Å². The minimum Gasteiger partial charge on any atom is -0.378 e. The average molecular weight is 248 g/mol. The van der Waals surface area contributed by atoms with Crippen LogP contribution in [-0.2, 0) is 4.74 Å². The summed E-state index contributed by atoms with van der Waals surface area (Å²) >= 11 is 3.42. The first-order valence-electron chi connectivity index (χ1n) is 4.71. The number of rotatable bonds is 3. The molecule has 0 spiro atoms. The molecule has 1 saturated heterocycles. The normalized spacial score (nSPS) is 30.4. The maximum atomic E-state index is 5.46. The molecule has 2 atom stereocenters. The van der Waals surface area contributed by atoms with E-state index in [4.69, 9.17) is 4.74 Å². The molecule has 13 heavy (non-hydrogen) atoms. The maximum absolute atomic E-state index is 5.46. The summed E-state index contributed by atoms with van der Waals surface area (Å²) in [5, 5.41) is 0.893. The first-order chi connectivity index (χ1) is 6.15. The van der Waals surface area contributed by atoms with E-state index in [1.54, 1.807) is 0 Å². The van der Waals surface area contributed by atoms with Gasteiger partial charge < -0.3 is 4.74 Å². The molecule has 1 aliphatic rings. The second-order valence-corrected chi connectivity index (χ2v) is 4.35. The Kier molecular flexibility index (Phi) is 4.42. The van der Waals surface area contributed by atoms with E-state index in [2.05, 4.69) is 41.3 Å². The van der Waals surface area contributed by atoms with Crippen LogP contribution in [0.5, 0.6) is 0 Å². The van der Waals surface area contributed by atoms with E-state index in [9.17, 15) is 0 Å². The molecule has 0 radical (unpaired) electrons. The van der Waals surface area contributed by atoms with Gasteiger partial charge in [0.2, 0.25) is 0 Å². The van der Waals surface area contributed by atoms with Gasteiger partial charge in [-0.1, -0.05) is 28.1 Å². The molecule has 2 unspecified atom stereocenters. The number of ether oxygens (including phenoxy) is 1. The fourth-order valence-electron chi connectivity index (χ4n) is 1.65. The predicted molar refractivity (Wildman–Crippen MR) is 59.4 cm³/mol. The summed E-state index contributed by atoms with van der Waals surface area (Å²) in [6, 6.07) is 1.03. The average Bonchev–Trinajstić information content (AvgIpc) is 2.11. The zero-order chi connectivity index (χ0) is 9.84. The van der Waals surface area contributed by atoms with Gasteiger partial charge in [-0.3, -0.25) is 4.90 Å². The fourth-order valence-corrected chi connectivity index (χ4v) is 1.82. The molecule has 1 rings (SSSR count). The molecule has 0 aromatic rings. The Morgan fingerprint density at radius 1 is 1.46 bits per heavy atom. The first-order valence-corrected chi connectivity index (χ1v) is 5.83. The third-order valence-electron chi connectivity index (χ3n) is 2.45. The Morgan fingerprint density at radius 2 is 2.00 bits per heavy atom. The van der Waals surface area contributed by atoms with Crippen molar-refractivity contribution in [2.24, 2.45) is 0 Å². The van der Waals surface area contributed by atoms with Crippen molar-refractivity contribution in [3.8, 4) is 0 Å². The molecule has 76 valence electrons. The Balaban J connectivity index is 2.48. The predicted octanol–water partition coefficient (Wildman–Crippen LogP) is 2.05. The Labute approximate surface area is 89.1 Å². The lowest BCUT2D eigenvalue weighted by Gasteiger charge is -2.39. The standard InChI is InChI=1S/C10H18BrNO/c1-8(4-11)5-12-9(2)6-13-7-10(12)3/h9-10H,1,4-7H2,2-3H3. The van der Waals surface area contributed by atoms with Crippen LogP contribution in [0.2, 0.25) is 0 Å². The molecule has 1 aliphatic heterocycles. The minimum absolute atomic E-state index is 0.513. The van der Waals surface area contributed by atoms with E-state index in [1.165, 1.54) is 5.57 Å². The van der Waals surface area contributed by atoms with Crippen LogP contribution in [0.15, 0.2) is 12.2 Å². The summed E-state index contributed by atoms with van der Waals surface area (Å²) in [5.74, 6) is 0. The van der Waals surface area contributed by atoms with Crippen LogP contribution < -0.4 is 0 Å². The van der Waals surface area contributed by atoms with Gasteiger partial charge in [-0.05, 0) is 13.8 Å². The highest BCUT2D eigenvalue weighted by atomic mass is 79.9. The molecule has 0 saturated carbocycles. The van der Waals surface area contributed by atoms with Crippen molar-refractivity contribution >= 4 is 15.9 Å². The number of hydrogen-bond donors (Lipinski definition) is 0. The second kappa shape index (κ2) is 5.13.